The van der Waals surface area contributed by atoms with Gasteiger partial charge in [0.15, 0.2) is 0 Å². The van der Waals surface area contributed by atoms with Crippen LogP contribution in [0.4, 0.5) is 5.69 Å². The van der Waals surface area contributed by atoms with Crippen molar-refractivity contribution in [3.8, 4) is 0 Å². The quantitative estimate of drug-likeness (QED) is 0.786. The molecule has 2 N–H and O–H groups in total. The summed E-state index contributed by atoms with van der Waals surface area (Å²) in [7, 11) is 0. The first kappa shape index (κ1) is 9.86. The van der Waals surface area contributed by atoms with Crippen LogP contribution in [0.5, 0.6) is 0 Å². The zero-order valence-corrected chi connectivity index (χ0v) is 7.93. The number of carboxylic acid groups (broad SMARTS) is 1. The molecule has 0 heterocycles. The van der Waals surface area contributed by atoms with Gasteiger partial charge in [0.1, 0.15) is 0 Å². The average Bonchev–Trinajstić information content (AvgIpc) is 2.08. The third-order valence-electron chi connectivity index (χ3n) is 1.58. The normalized spacial score (nSPS) is 9.69. The van der Waals surface area contributed by atoms with Crippen LogP contribution in [0.15, 0.2) is 18.2 Å². The number of carbonyl (C=O) groups is 1. The Kier molecular flexibility index (Phi) is 3.14. The summed E-state index contributed by atoms with van der Waals surface area (Å²) < 4.78 is 0. The molecule has 0 bridgehead atoms. The molecule has 13 heavy (non-hydrogen) atoms. The highest BCUT2D eigenvalue weighted by atomic mass is 35.5. The Morgan fingerprint density at radius 3 is 2.85 bits per heavy atom. The first-order valence-electron chi connectivity index (χ1n) is 3.92. The highest BCUT2D eigenvalue weighted by Crippen LogP contribution is 2.20. The van der Waals surface area contributed by atoms with E-state index in [9.17, 15) is 4.79 Å². The summed E-state index contributed by atoms with van der Waals surface area (Å²) in [5, 5.41) is 12.2. The van der Waals surface area contributed by atoms with E-state index in [-0.39, 0.29) is 5.56 Å². The summed E-state index contributed by atoms with van der Waals surface area (Å²) in [6, 6.07) is 4.75. The van der Waals surface area contributed by atoms with Crippen LogP contribution in [0.3, 0.4) is 0 Å². The van der Waals surface area contributed by atoms with Crippen molar-refractivity contribution in [2.45, 2.75) is 6.92 Å². The van der Waals surface area contributed by atoms with E-state index in [0.29, 0.717) is 17.3 Å². The minimum atomic E-state index is -0.974. The van der Waals surface area contributed by atoms with Crippen molar-refractivity contribution in [1.29, 1.82) is 0 Å². The molecule has 4 heteroatoms. The third-order valence-corrected chi connectivity index (χ3v) is 1.81. The van der Waals surface area contributed by atoms with E-state index in [4.69, 9.17) is 16.7 Å². The van der Waals surface area contributed by atoms with Gasteiger partial charge in [0.25, 0.3) is 0 Å². The lowest BCUT2D eigenvalue weighted by Crippen LogP contribution is -2.05. The van der Waals surface area contributed by atoms with E-state index in [0.717, 1.165) is 0 Å². The highest BCUT2D eigenvalue weighted by Gasteiger charge is 2.09. The summed E-state index contributed by atoms with van der Waals surface area (Å²) in [4.78, 5) is 10.8. The van der Waals surface area contributed by atoms with Gasteiger partial charge in [0.2, 0.25) is 0 Å². The van der Waals surface area contributed by atoms with Crippen LogP contribution < -0.4 is 5.32 Å². The van der Waals surface area contributed by atoms with Crippen LogP contribution >= 0.6 is 11.6 Å². The standard InChI is InChI=1S/C9H10ClNO2/c1-2-11-8-4-3-6(10)5-7(8)9(12)13/h3-5,11H,2H2,1H3,(H,12,13). The summed E-state index contributed by atoms with van der Waals surface area (Å²) in [6.07, 6.45) is 0. The van der Waals surface area contributed by atoms with Crippen LogP contribution in [-0.4, -0.2) is 17.6 Å². The number of hydrogen-bond acceptors (Lipinski definition) is 2. The van der Waals surface area contributed by atoms with E-state index < -0.39 is 5.97 Å². The van der Waals surface area contributed by atoms with Gasteiger partial charge < -0.3 is 10.4 Å². The maximum absolute atomic E-state index is 10.8. The molecular formula is C9H10ClNO2. The summed E-state index contributed by atoms with van der Waals surface area (Å²) in [6.45, 7) is 2.59. The van der Waals surface area contributed by atoms with Crippen LogP contribution in [0.2, 0.25) is 5.02 Å². The van der Waals surface area contributed by atoms with Crippen LogP contribution in [0, 0.1) is 0 Å². The summed E-state index contributed by atoms with van der Waals surface area (Å²) in [5.41, 5.74) is 0.800. The Morgan fingerprint density at radius 1 is 1.62 bits per heavy atom. The van der Waals surface area contributed by atoms with Gasteiger partial charge in [0, 0.05) is 17.3 Å². The molecule has 0 aliphatic carbocycles. The van der Waals surface area contributed by atoms with Crippen molar-refractivity contribution >= 4 is 23.3 Å². The zero-order valence-electron chi connectivity index (χ0n) is 7.17. The minimum absolute atomic E-state index is 0.203. The van der Waals surface area contributed by atoms with Crippen LogP contribution in [0.25, 0.3) is 0 Å². The molecule has 1 rings (SSSR count). The van der Waals surface area contributed by atoms with Crippen molar-refractivity contribution < 1.29 is 9.90 Å². The van der Waals surface area contributed by atoms with Crippen molar-refractivity contribution in [2.75, 3.05) is 11.9 Å². The first-order valence-corrected chi connectivity index (χ1v) is 4.29. The number of anilines is 1. The fourth-order valence-electron chi connectivity index (χ4n) is 1.04. The molecule has 0 saturated carbocycles. The molecule has 0 fully saturated rings. The molecular weight excluding hydrogens is 190 g/mol. The maximum Gasteiger partial charge on any atom is 0.337 e. The fourth-order valence-corrected chi connectivity index (χ4v) is 1.21. The van der Waals surface area contributed by atoms with Gasteiger partial charge in [-0.05, 0) is 25.1 Å². The van der Waals surface area contributed by atoms with E-state index >= 15 is 0 Å². The Balaban J connectivity index is 3.10. The van der Waals surface area contributed by atoms with Crippen LogP contribution in [-0.2, 0) is 0 Å². The Hall–Kier alpha value is -1.22. The van der Waals surface area contributed by atoms with Gasteiger partial charge in [-0.15, -0.1) is 0 Å². The third kappa shape index (κ3) is 2.36. The smallest absolute Gasteiger partial charge is 0.337 e. The Morgan fingerprint density at radius 2 is 2.31 bits per heavy atom. The molecule has 1 aromatic carbocycles. The molecule has 0 unspecified atom stereocenters. The van der Waals surface area contributed by atoms with Gasteiger partial charge in [-0.2, -0.15) is 0 Å². The molecule has 3 nitrogen and oxygen atoms in total. The summed E-state index contributed by atoms with van der Waals surface area (Å²) >= 11 is 5.67. The second-order valence-electron chi connectivity index (χ2n) is 2.53. The predicted octanol–water partition coefficient (Wildman–Crippen LogP) is 2.47. The minimum Gasteiger partial charge on any atom is -0.478 e. The lowest BCUT2D eigenvalue weighted by molar-refractivity contribution is 0.0698. The lowest BCUT2D eigenvalue weighted by Gasteiger charge is -2.06. The number of rotatable bonds is 3. The number of halogens is 1. The molecule has 0 spiro atoms. The van der Waals surface area contributed by atoms with Gasteiger partial charge in [0.05, 0.1) is 5.56 Å². The molecule has 0 aliphatic heterocycles. The molecule has 0 aliphatic rings. The van der Waals surface area contributed by atoms with E-state index in [1.165, 1.54) is 6.07 Å². The van der Waals surface area contributed by atoms with Crippen LogP contribution in [0.1, 0.15) is 17.3 Å². The number of hydrogen-bond donors (Lipinski definition) is 2. The highest BCUT2D eigenvalue weighted by molar-refractivity contribution is 6.31. The maximum atomic E-state index is 10.8. The number of benzene rings is 1. The van der Waals surface area contributed by atoms with Gasteiger partial charge in [-0.3, -0.25) is 0 Å². The van der Waals surface area contributed by atoms with E-state index in [1.807, 2.05) is 6.92 Å². The van der Waals surface area contributed by atoms with Crippen molar-refractivity contribution in [3.63, 3.8) is 0 Å². The number of carboxylic acids is 1. The Bertz CT molecular complexity index is 325. The molecule has 0 amide bonds. The molecule has 0 aromatic heterocycles. The molecule has 0 radical (unpaired) electrons. The second kappa shape index (κ2) is 4.14. The van der Waals surface area contributed by atoms with Gasteiger partial charge >= 0.3 is 5.97 Å². The van der Waals surface area contributed by atoms with Crippen molar-refractivity contribution in [3.05, 3.63) is 28.8 Å². The van der Waals surface area contributed by atoms with Crippen molar-refractivity contribution in [2.24, 2.45) is 0 Å². The monoisotopic (exact) mass is 199 g/mol. The molecule has 1 aromatic rings. The summed E-state index contributed by atoms with van der Waals surface area (Å²) in [5.74, 6) is -0.974. The fraction of sp³-hybridized carbons (Fsp3) is 0.222. The topological polar surface area (TPSA) is 49.3 Å². The number of aromatic carboxylic acids is 1. The molecule has 0 atom stereocenters. The van der Waals surface area contributed by atoms with Gasteiger partial charge in [-0.1, -0.05) is 11.6 Å². The van der Waals surface area contributed by atoms with E-state index in [1.54, 1.807) is 12.1 Å². The second-order valence-corrected chi connectivity index (χ2v) is 2.96. The average molecular weight is 200 g/mol. The molecule has 70 valence electrons. The van der Waals surface area contributed by atoms with E-state index in [2.05, 4.69) is 5.32 Å². The zero-order chi connectivity index (χ0) is 9.84. The number of nitrogens with one attached hydrogen (secondary N) is 1. The molecule has 0 saturated heterocycles. The predicted molar refractivity (Wildman–Crippen MR) is 52.6 cm³/mol. The first-order chi connectivity index (χ1) is 6.15. The SMILES string of the molecule is CCNc1ccc(Cl)cc1C(=O)O. The van der Waals surface area contributed by atoms with Gasteiger partial charge in [-0.25, -0.2) is 4.79 Å². The largest absolute Gasteiger partial charge is 0.478 e. The lowest BCUT2D eigenvalue weighted by atomic mass is 10.2. The van der Waals surface area contributed by atoms with Crippen molar-refractivity contribution in [1.82, 2.24) is 0 Å². The Labute approximate surface area is 81.3 Å².